The van der Waals surface area contributed by atoms with Crippen molar-refractivity contribution in [3.05, 3.63) is 33.6 Å². The van der Waals surface area contributed by atoms with Gasteiger partial charge in [0.25, 0.3) is 0 Å². The topological polar surface area (TPSA) is 32.3 Å². The third-order valence-electron chi connectivity index (χ3n) is 2.60. The summed E-state index contributed by atoms with van der Waals surface area (Å²) in [5, 5.41) is 11.1. The second kappa shape index (κ2) is 5.83. The van der Waals surface area contributed by atoms with Crippen LogP contribution in [0.4, 0.5) is 17.6 Å². The highest BCUT2D eigenvalue weighted by molar-refractivity contribution is 6.35. The molecule has 0 fully saturated rings. The summed E-state index contributed by atoms with van der Waals surface area (Å²) >= 11 is 11.3. The first-order valence-electron chi connectivity index (χ1n) is 5.17. The number of aliphatic hydroxyl groups excluding tert-OH is 1. The van der Waals surface area contributed by atoms with E-state index in [1.54, 1.807) is 0 Å². The maximum Gasteiger partial charge on any atom is 0.401 e. The molecule has 1 rings (SSSR count). The van der Waals surface area contributed by atoms with Crippen molar-refractivity contribution in [1.82, 2.24) is 5.32 Å². The minimum absolute atomic E-state index is 0.00261. The van der Waals surface area contributed by atoms with Gasteiger partial charge >= 0.3 is 6.18 Å². The fraction of sp³-hybridized carbons (Fsp3) is 0.455. The summed E-state index contributed by atoms with van der Waals surface area (Å²) in [4.78, 5) is 0. The summed E-state index contributed by atoms with van der Waals surface area (Å²) in [7, 11) is 0. The summed E-state index contributed by atoms with van der Waals surface area (Å²) in [5.41, 5.74) is -1.53. The van der Waals surface area contributed by atoms with Crippen LogP contribution in [0.2, 0.25) is 10.0 Å². The molecular formula is C11H11Cl2F4NO. The molecule has 0 amide bonds. The maximum atomic E-state index is 13.4. The van der Waals surface area contributed by atoms with E-state index in [4.69, 9.17) is 23.2 Å². The normalized spacial score (nSPS) is 15.4. The highest BCUT2D eigenvalue weighted by Gasteiger charge is 2.35. The van der Waals surface area contributed by atoms with Crippen molar-refractivity contribution in [2.45, 2.75) is 18.6 Å². The Labute approximate surface area is 117 Å². The van der Waals surface area contributed by atoms with E-state index < -0.39 is 30.7 Å². The van der Waals surface area contributed by atoms with Gasteiger partial charge < -0.3 is 5.11 Å². The first kappa shape index (κ1) is 16.5. The van der Waals surface area contributed by atoms with Crippen molar-refractivity contribution < 1.29 is 22.7 Å². The van der Waals surface area contributed by atoms with Crippen LogP contribution in [0.1, 0.15) is 12.5 Å². The molecule has 0 bridgehead atoms. The van der Waals surface area contributed by atoms with Crippen LogP contribution in [-0.2, 0) is 5.54 Å². The SMILES string of the molecule is CC(CO)(NCC(F)(F)F)c1cc(F)c(Cl)cc1Cl. The second-order valence-electron chi connectivity index (χ2n) is 4.21. The molecule has 0 heterocycles. The molecule has 2 N–H and O–H groups in total. The molecule has 0 spiro atoms. The van der Waals surface area contributed by atoms with E-state index in [9.17, 15) is 22.7 Å². The van der Waals surface area contributed by atoms with Gasteiger partial charge in [-0.15, -0.1) is 0 Å². The molecule has 1 atom stereocenters. The smallest absolute Gasteiger partial charge is 0.394 e. The monoisotopic (exact) mass is 319 g/mol. The van der Waals surface area contributed by atoms with Gasteiger partial charge in [0.05, 0.1) is 23.7 Å². The predicted octanol–water partition coefficient (Wildman–Crippen LogP) is 3.49. The zero-order valence-electron chi connectivity index (χ0n) is 9.78. The summed E-state index contributed by atoms with van der Waals surface area (Å²) in [6.07, 6.45) is -4.46. The lowest BCUT2D eigenvalue weighted by atomic mass is 9.92. The molecule has 108 valence electrons. The van der Waals surface area contributed by atoms with Crippen LogP contribution >= 0.6 is 23.2 Å². The standard InChI is InChI=1S/C11H11Cl2F4NO/c1-10(5-19,18-4-11(15,16)17)6-2-9(14)8(13)3-7(6)12/h2-3,18-19H,4-5H2,1H3. The highest BCUT2D eigenvalue weighted by Crippen LogP contribution is 2.32. The van der Waals surface area contributed by atoms with Crippen LogP contribution in [0.3, 0.4) is 0 Å². The Morgan fingerprint density at radius 1 is 1.21 bits per heavy atom. The Morgan fingerprint density at radius 2 is 1.79 bits per heavy atom. The molecule has 1 aromatic carbocycles. The number of halogens is 6. The number of alkyl halides is 3. The number of aliphatic hydroxyl groups is 1. The van der Waals surface area contributed by atoms with E-state index >= 15 is 0 Å². The van der Waals surface area contributed by atoms with E-state index in [1.165, 1.54) is 6.92 Å². The maximum absolute atomic E-state index is 13.4. The first-order valence-corrected chi connectivity index (χ1v) is 5.92. The molecule has 0 aliphatic carbocycles. The van der Waals surface area contributed by atoms with Gasteiger partial charge in [0, 0.05) is 5.02 Å². The number of hydrogen-bond donors (Lipinski definition) is 2. The molecule has 0 saturated heterocycles. The zero-order chi connectivity index (χ0) is 14.8. The van der Waals surface area contributed by atoms with Gasteiger partial charge in [-0.25, -0.2) is 4.39 Å². The minimum atomic E-state index is -4.46. The largest absolute Gasteiger partial charge is 0.401 e. The molecule has 0 aliphatic heterocycles. The quantitative estimate of drug-likeness (QED) is 0.657. The summed E-state index contributed by atoms with van der Waals surface area (Å²) < 4.78 is 50.0. The van der Waals surface area contributed by atoms with E-state index in [2.05, 4.69) is 5.32 Å². The lowest BCUT2D eigenvalue weighted by Gasteiger charge is -2.31. The summed E-state index contributed by atoms with van der Waals surface area (Å²) in [6, 6.07) is 1.99. The van der Waals surface area contributed by atoms with Crippen LogP contribution in [-0.4, -0.2) is 24.4 Å². The number of nitrogens with one attached hydrogen (secondary N) is 1. The lowest BCUT2D eigenvalue weighted by Crippen LogP contribution is -2.47. The lowest BCUT2D eigenvalue weighted by molar-refractivity contribution is -0.129. The van der Waals surface area contributed by atoms with Crippen molar-refractivity contribution in [3.8, 4) is 0 Å². The Hall–Kier alpha value is -0.560. The number of hydrogen-bond acceptors (Lipinski definition) is 2. The molecule has 0 saturated carbocycles. The van der Waals surface area contributed by atoms with Gasteiger partial charge in [0.2, 0.25) is 0 Å². The van der Waals surface area contributed by atoms with Crippen molar-refractivity contribution in [2.75, 3.05) is 13.2 Å². The molecule has 0 aliphatic rings. The number of rotatable bonds is 4. The Kier molecular flexibility index (Phi) is 5.06. The van der Waals surface area contributed by atoms with Crippen molar-refractivity contribution in [3.63, 3.8) is 0 Å². The van der Waals surface area contributed by atoms with Gasteiger partial charge in [0.1, 0.15) is 5.82 Å². The van der Waals surface area contributed by atoms with Gasteiger partial charge in [0.15, 0.2) is 0 Å². The second-order valence-corrected chi connectivity index (χ2v) is 5.02. The van der Waals surface area contributed by atoms with Crippen LogP contribution in [0.5, 0.6) is 0 Å². The zero-order valence-corrected chi connectivity index (χ0v) is 11.3. The van der Waals surface area contributed by atoms with Crippen LogP contribution in [0, 0.1) is 5.82 Å². The van der Waals surface area contributed by atoms with E-state index in [1.807, 2.05) is 0 Å². The van der Waals surface area contributed by atoms with Crippen LogP contribution < -0.4 is 5.32 Å². The third-order valence-corrected chi connectivity index (χ3v) is 3.20. The van der Waals surface area contributed by atoms with Gasteiger partial charge in [-0.3, -0.25) is 5.32 Å². The predicted molar refractivity (Wildman–Crippen MR) is 64.9 cm³/mol. The Bertz CT molecular complexity index is 467. The molecule has 0 aromatic heterocycles. The van der Waals surface area contributed by atoms with Crippen molar-refractivity contribution in [2.24, 2.45) is 0 Å². The molecule has 1 aromatic rings. The summed E-state index contributed by atoms with van der Waals surface area (Å²) in [5.74, 6) is -0.824. The fourth-order valence-electron chi connectivity index (χ4n) is 1.48. The van der Waals surface area contributed by atoms with E-state index in [0.29, 0.717) is 0 Å². The Morgan fingerprint density at radius 3 is 2.26 bits per heavy atom. The van der Waals surface area contributed by atoms with Crippen molar-refractivity contribution >= 4 is 23.2 Å². The van der Waals surface area contributed by atoms with Crippen molar-refractivity contribution in [1.29, 1.82) is 0 Å². The number of benzene rings is 1. The van der Waals surface area contributed by atoms with Crippen LogP contribution in [0.15, 0.2) is 12.1 Å². The third kappa shape index (κ3) is 4.21. The molecule has 8 heteroatoms. The average Bonchev–Trinajstić information content (AvgIpc) is 2.30. The molecule has 0 radical (unpaired) electrons. The highest BCUT2D eigenvalue weighted by atomic mass is 35.5. The van der Waals surface area contributed by atoms with Gasteiger partial charge in [-0.2, -0.15) is 13.2 Å². The summed E-state index contributed by atoms with van der Waals surface area (Å²) in [6.45, 7) is -0.748. The Balaban J connectivity index is 3.11. The molecule has 19 heavy (non-hydrogen) atoms. The van der Waals surface area contributed by atoms with Gasteiger partial charge in [-0.1, -0.05) is 23.2 Å². The molecule has 1 unspecified atom stereocenters. The average molecular weight is 320 g/mol. The van der Waals surface area contributed by atoms with E-state index in [-0.39, 0.29) is 15.6 Å². The minimum Gasteiger partial charge on any atom is -0.394 e. The first-order chi connectivity index (χ1) is 8.59. The molecule has 2 nitrogen and oxygen atoms in total. The fourth-order valence-corrected chi connectivity index (χ4v) is 2.07. The van der Waals surface area contributed by atoms with Crippen LogP contribution in [0.25, 0.3) is 0 Å². The van der Waals surface area contributed by atoms with Gasteiger partial charge in [-0.05, 0) is 24.6 Å². The van der Waals surface area contributed by atoms with E-state index in [0.717, 1.165) is 12.1 Å². The molecular weight excluding hydrogens is 309 g/mol.